The highest BCUT2D eigenvalue weighted by Gasteiger charge is 2.35. The van der Waals surface area contributed by atoms with E-state index >= 15 is 0 Å². The summed E-state index contributed by atoms with van der Waals surface area (Å²) in [6.45, 7) is 3.64. The molecule has 2 atom stereocenters. The number of rotatable bonds is 6. The first-order chi connectivity index (χ1) is 16.9. The molecular formula is C25H29ClN6O3. The van der Waals surface area contributed by atoms with Crippen LogP contribution >= 0.6 is 11.6 Å². The Morgan fingerprint density at radius 2 is 2.09 bits per heavy atom. The zero-order valence-corrected chi connectivity index (χ0v) is 20.3. The summed E-state index contributed by atoms with van der Waals surface area (Å²) >= 11 is 6.41. The van der Waals surface area contributed by atoms with Gasteiger partial charge in [-0.3, -0.25) is 9.58 Å². The van der Waals surface area contributed by atoms with Gasteiger partial charge in [0, 0.05) is 22.8 Å². The van der Waals surface area contributed by atoms with Crippen LogP contribution in [0, 0.1) is 0 Å². The standard InChI is InChI=1S/C25H29ClN6O3/c1-2-34-25(33)32-10-9-18-19-13-16(26)5-8-21(19)29-22(18)23(32)15-3-6-17(7-4-15)35-12-11-31-14-20(27)24(28)30-31/h3-4,6-8,13-14,16,23,29H,2,5,9-12,27H2,1H3,(H2,28,30). The molecule has 2 aromatic heterocycles. The fraction of sp³-hybridized carbons (Fsp3) is 0.360. The molecule has 9 nitrogen and oxygen atoms in total. The fourth-order valence-corrected chi connectivity index (χ4v) is 4.98. The Bertz CT molecular complexity index is 1330. The van der Waals surface area contributed by atoms with Crippen LogP contribution in [-0.4, -0.2) is 50.9 Å². The number of aromatic amines is 1. The number of carbonyl (C=O) groups is 1. The maximum absolute atomic E-state index is 12.9. The van der Waals surface area contributed by atoms with Crippen molar-refractivity contribution in [2.24, 2.45) is 0 Å². The van der Waals surface area contributed by atoms with E-state index in [1.807, 2.05) is 31.2 Å². The van der Waals surface area contributed by atoms with E-state index in [1.165, 1.54) is 5.56 Å². The van der Waals surface area contributed by atoms with E-state index in [4.69, 9.17) is 32.5 Å². The lowest BCUT2D eigenvalue weighted by Gasteiger charge is -2.35. The minimum atomic E-state index is -0.322. The molecule has 0 saturated carbocycles. The van der Waals surface area contributed by atoms with Crippen LogP contribution in [0.5, 0.6) is 5.75 Å². The first-order valence-corrected chi connectivity index (χ1v) is 12.2. The molecule has 3 aromatic rings. The summed E-state index contributed by atoms with van der Waals surface area (Å²) < 4.78 is 12.9. The maximum Gasteiger partial charge on any atom is 0.410 e. The number of nitrogens with two attached hydrogens (primary N) is 2. The smallest absolute Gasteiger partial charge is 0.410 e. The van der Waals surface area contributed by atoms with Crippen LogP contribution in [0.25, 0.3) is 12.2 Å². The number of alkyl halides is 1. The monoisotopic (exact) mass is 496 g/mol. The van der Waals surface area contributed by atoms with Crippen molar-refractivity contribution in [2.45, 2.75) is 37.7 Å². The van der Waals surface area contributed by atoms with Gasteiger partial charge >= 0.3 is 6.09 Å². The number of benzene rings is 1. The third-order valence-corrected chi connectivity index (χ3v) is 6.70. The quantitative estimate of drug-likeness (QED) is 0.449. The summed E-state index contributed by atoms with van der Waals surface area (Å²) in [6.07, 6.45) is 7.13. The molecule has 0 radical (unpaired) electrons. The van der Waals surface area contributed by atoms with Crippen LogP contribution in [-0.2, 0) is 17.7 Å². The van der Waals surface area contributed by atoms with Gasteiger partial charge in [0.05, 0.1) is 30.4 Å². The topological polar surface area (TPSA) is 124 Å². The van der Waals surface area contributed by atoms with E-state index < -0.39 is 0 Å². The molecular weight excluding hydrogens is 468 g/mol. The Labute approximate surface area is 207 Å². The van der Waals surface area contributed by atoms with Crippen LogP contribution in [0.1, 0.15) is 36.2 Å². The Morgan fingerprint density at radius 1 is 1.29 bits per heavy atom. The number of carbonyl (C=O) groups excluding carboxylic acids is 1. The van der Waals surface area contributed by atoms with Crippen LogP contribution in [0.3, 0.4) is 0 Å². The Balaban J connectivity index is 1.40. The van der Waals surface area contributed by atoms with Crippen LogP contribution in [0.2, 0.25) is 0 Å². The summed E-state index contributed by atoms with van der Waals surface area (Å²) in [6, 6.07) is 7.51. The minimum Gasteiger partial charge on any atom is -0.492 e. The van der Waals surface area contributed by atoms with Crippen molar-refractivity contribution in [3.63, 3.8) is 0 Å². The number of fused-ring (bicyclic) bond motifs is 3. The molecule has 1 aromatic carbocycles. The summed E-state index contributed by atoms with van der Waals surface area (Å²) in [5, 5.41) is 6.34. The second-order valence-electron chi connectivity index (χ2n) is 8.66. The van der Waals surface area contributed by atoms with Gasteiger partial charge in [0.15, 0.2) is 5.82 Å². The van der Waals surface area contributed by atoms with Gasteiger partial charge in [0.25, 0.3) is 0 Å². The number of nitrogen functional groups attached to an aromatic ring is 2. The molecule has 1 aliphatic heterocycles. The lowest BCUT2D eigenvalue weighted by atomic mass is 9.92. The van der Waals surface area contributed by atoms with E-state index in [-0.39, 0.29) is 17.5 Å². The molecule has 5 rings (SSSR count). The number of nitrogens with one attached hydrogen (secondary N) is 1. The number of hydrogen-bond donors (Lipinski definition) is 3. The van der Waals surface area contributed by atoms with Gasteiger partial charge < -0.3 is 25.9 Å². The van der Waals surface area contributed by atoms with Crippen molar-refractivity contribution in [1.82, 2.24) is 19.7 Å². The van der Waals surface area contributed by atoms with Crippen LogP contribution < -0.4 is 26.8 Å². The molecule has 0 spiro atoms. The molecule has 3 heterocycles. The second-order valence-corrected chi connectivity index (χ2v) is 9.22. The zero-order chi connectivity index (χ0) is 24.5. The molecule has 10 heteroatoms. The van der Waals surface area contributed by atoms with Crippen molar-refractivity contribution in [3.8, 4) is 5.75 Å². The van der Waals surface area contributed by atoms with Gasteiger partial charge in [0.1, 0.15) is 18.4 Å². The highest BCUT2D eigenvalue weighted by atomic mass is 35.5. The minimum absolute atomic E-state index is 0.0185. The van der Waals surface area contributed by atoms with Gasteiger partial charge in [-0.1, -0.05) is 24.3 Å². The fourth-order valence-electron chi connectivity index (χ4n) is 4.77. The van der Waals surface area contributed by atoms with Gasteiger partial charge in [0.2, 0.25) is 0 Å². The maximum atomic E-state index is 12.9. The molecule has 2 unspecified atom stereocenters. The molecule has 35 heavy (non-hydrogen) atoms. The van der Waals surface area contributed by atoms with E-state index in [0.717, 1.165) is 40.4 Å². The molecule has 5 N–H and O–H groups in total. The SMILES string of the molecule is CCOC(=O)N1CCc2c([nH]c3c2=CC(Cl)CC=3)C1c1ccc(OCCn2cc(N)c(N)n2)cc1. The van der Waals surface area contributed by atoms with E-state index in [9.17, 15) is 4.79 Å². The number of hydrogen-bond acceptors (Lipinski definition) is 6. The molecule has 0 saturated heterocycles. The third-order valence-electron chi connectivity index (χ3n) is 6.40. The lowest BCUT2D eigenvalue weighted by molar-refractivity contribution is 0.0930. The Hall–Kier alpha value is -3.59. The number of nitrogens with zero attached hydrogens (tertiary/aromatic N) is 3. The normalized spacial score (nSPS) is 18.7. The van der Waals surface area contributed by atoms with Crippen LogP contribution in [0.15, 0.2) is 30.5 Å². The first kappa shape index (κ1) is 23.2. The van der Waals surface area contributed by atoms with E-state index in [2.05, 4.69) is 22.2 Å². The number of halogens is 1. The lowest BCUT2D eigenvalue weighted by Crippen LogP contribution is -2.42. The molecule has 1 amide bonds. The highest BCUT2D eigenvalue weighted by molar-refractivity contribution is 6.24. The molecule has 2 aliphatic rings. The predicted octanol–water partition coefficient (Wildman–Crippen LogP) is 2.13. The highest BCUT2D eigenvalue weighted by Crippen LogP contribution is 2.34. The summed E-state index contributed by atoms with van der Waals surface area (Å²) in [4.78, 5) is 18.2. The first-order valence-electron chi connectivity index (χ1n) is 11.8. The van der Waals surface area contributed by atoms with E-state index in [0.29, 0.717) is 37.8 Å². The molecule has 0 bridgehead atoms. The number of anilines is 2. The average molecular weight is 497 g/mol. The number of aromatic nitrogens is 3. The predicted molar refractivity (Wildman–Crippen MR) is 135 cm³/mol. The van der Waals surface area contributed by atoms with Crippen LogP contribution in [0.4, 0.5) is 16.3 Å². The Kier molecular flexibility index (Phi) is 6.34. The van der Waals surface area contributed by atoms with Crippen molar-refractivity contribution >= 4 is 41.4 Å². The number of ether oxygens (including phenoxy) is 2. The van der Waals surface area contributed by atoms with Gasteiger partial charge in [-0.15, -0.1) is 11.6 Å². The largest absolute Gasteiger partial charge is 0.492 e. The average Bonchev–Trinajstić information content (AvgIpc) is 3.37. The molecule has 1 aliphatic carbocycles. The Morgan fingerprint density at radius 3 is 2.80 bits per heavy atom. The second kappa shape index (κ2) is 9.58. The van der Waals surface area contributed by atoms with Crippen molar-refractivity contribution < 1.29 is 14.3 Å². The van der Waals surface area contributed by atoms with Gasteiger partial charge in [-0.2, -0.15) is 5.10 Å². The summed E-state index contributed by atoms with van der Waals surface area (Å²) in [5.41, 5.74) is 15.1. The van der Waals surface area contributed by atoms with E-state index in [1.54, 1.807) is 15.8 Å². The molecule has 184 valence electrons. The summed E-state index contributed by atoms with van der Waals surface area (Å²) in [5.74, 6) is 1.04. The molecule has 0 fully saturated rings. The summed E-state index contributed by atoms with van der Waals surface area (Å²) in [7, 11) is 0. The zero-order valence-electron chi connectivity index (χ0n) is 19.5. The van der Waals surface area contributed by atoms with Gasteiger partial charge in [-0.05, 0) is 43.0 Å². The van der Waals surface area contributed by atoms with Gasteiger partial charge in [-0.25, -0.2) is 4.79 Å². The van der Waals surface area contributed by atoms with Crippen molar-refractivity contribution in [2.75, 3.05) is 31.2 Å². The number of H-pyrrole nitrogens is 1. The number of amides is 1. The van der Waals surface area contributed by atoms with Crippen molar-refractivity contribution in [3.05, 3.63) is 57.9 Å². The third kappa shape index (κ3) is 4.55. The van der Waals surface area contributed by atoms with Crippen molar-refractivity contribution in [1.29, 1.82) is 0 Å².